The fraction of sp³-hybridized carbons (Fsp3) is 0.333. The molecule has 0 radical (unpaired) electrons. The zero-order chi connectivity index (χ0) is 19.0. The van der Waals surface area contributed by atoms with E-state index in [1.165, 1.54) is 7.11 Å². The molecule has 2 aromatic carbocycles. The highest BCUT2D eigenvalue weighted by atomic mass is 16.7. The van der Waals surface area contributed by atoms with Crippen LogP contribution in [0.1, 0.15) is 18.1 Å². The molecule has 1 spiro atoms. The molecule has 0 aromatic heterocycles. The van der Waals surface area contributed by atoms with E-state index >= 15 is 0 Å². The third kappa shape index (κ3) is 2.91. The highest BCUT2D eigenvalue weighted by Gasteiger charge is 2.74. The van der Waals surface area contributed by atoms with Crippen molar-refractivity contribution in [3.63, 3.8) is 0 Å². The molecule has 4 atom stereocenters. The SMILES string of the molecule is COC(=O)C1CC12C(c1ccccc1)ON(C)C2C(=O)Nc1ccccc1. The van der Waals surface area contributed by atoms with Gasteiger partial charge >= 0.3 is 5.97 Å². The van der Waals surface area contributed by atoms with Crippen LogP contribution in [0.5, 0.6) is 0 Å². The van der Waals surface area contributed by atoms with Crippen LogP contribution in [0.2, 0.25) is 0 Å². The molecule has 1 aliphatic carbocycles. The quantitative estimate of drug-likeness (QED) is 0.843. The van der Waals surface area contributed by atoms with Gasteiger partial charge in [0.05, 0.1) is 13.0 Å². The molecule has 1 amide bonds. The minimum absolute atomic E-state index is 0.187. The summed E-state index contributed by atoms with van der Waals surface area (Å²) in [6.45, 7) is 0. The van der Waals surface area contributed by atoms with Gasteiger partial charge in [-0.05, 0) is 24.1 Å². The van der Waals surface area contributed by atoms with Crippen LogP contribution in [0.15, 0.2) is 60.7 Å². The fourth-order valence-electron chi connectivity index (χ4n) is 4.28. The number of nitrogens with zero attached hydrogens (tertiary/aromatic N) is 1. The normalized spacial score (nSPS) is 29.5. The van der Waals surface area contributed by atoms with Gasteiger partial charge in [0.15, 0.2) is 0 Å². The van der Waals surface area contributed by atoms with Crippen molar-refractivity contribution in [3.8, 4) is 0 Å². The molecule has 6 heteroatoms. The molecule has 140 valence electrons. The Balaban J connectivity index is 1.68. The number of hydrogen-bond donors (Lipinski definition) is 1. The second-order valence-corrected chi connectivity index (χ2v) is 7.09. The van der Waals surface area contributed by atoms with Gasteiger partial charge in [-0.2, -0.15) is 5.06 Å². The first-order chi connectivity index (χ1) is 13.1. The first kappa shape index (κ1) is 17.7. The molecule has 0 bridgehead atoms. The van der Waals surface area contributed by atoms with E-state index in [0.717, 1.165) is 5.56 Å². The molecule has 2 fully saturated rings. The molecule has 2 aromatic rings. The van der Waals surface area contributed by atoms with E-state index < -0.39 is 11.5 Å². The number of esters is 1. The van der Waals surface area contributed by atoms with E-state index in [4.69, 9.17) is 9.57 Å². The Bertz CT molecular complexity index is 842. The maximum absolute atomic E-state index is 13.1. The molecule has 4 rings (SSSR count). The molecule has 4 unspecified atom stereocenters. The lowest BCUT2D eigenvalue weighted by Gasteiger charge is -2.23. The van der Waals surface area contributed by atoms with Crippen molar-refractivity contribution in [2.75, 3.05) is 19.5 Å². The van der Waals surface area contributed by atoms with Crippen LogP contribution in [-0.2, 0) is 19.2 Å². The average Bonchev–Trinajstić information content (AvgIpc) is 3.34. The Morgan fingerprint density at radius 1 is 1.11 bits per heavy atom. The second-order valence-electron chi connectivity index (χ2n) is 7.09. The third-order valence-corrected chi connectivity index (χ3v) is 5.56. The smallest absolute Gasteiger partial charge is 0.309 e. The Kier molecular flexibility index (Phi) is 4.45. The van der Waals surface area contributed by atoms with Crippen LogP contribution >= 0.6 is 0 Å². The maximum atomic E-state index is 13.1. The number of benzene rings is 2. The van der Waals surface area contributed by atoms with Gasteiger partial charge in [0.1, 0.15) is 12.1 Å². The number of carbonyl (C=O) groups is 2. The maximum Gasteiger partial charge on any atom is 0.309 e. The number of hydrogen-bond acceptors (Lipinski definition) is 5. The molecule has 1 N–H and O–H groups in total. The number of amides is 1. The van der Waals surface area contributed by atoms with E-state index in [-0.39, 0.29) is 23.9 Å². The number of carbonyl (C=O) groups excluding carboxylic acids is 2. The van der Waals surface area contributed by atoms with Crippen LogP contribution in [0.3, 0.4) is 0 Å². The Morgan fingerprint density at radius 2 is 1.74 bits per heavy atom. The molecule has 1 saturated carbocycles. The average molecular weight is 366 g/mol. The van der Waals surface area contributed by atoms with Crippen molar-refractivity contribution in [3.05, 3.63) is 66.2 Å². The summed E-state index contributed by atoms with van der Waals surface area (Å²) in [5.41, 5.74) is 1.03. The summed E-state index contributed by atoms with van der Waals surface area (Å²) in [5.74, 6) is -0.856. The summed E-state index contributed by atoms with van der Waals surface area (Å²) in [6.07, 6.45) is 0.176. The predicted octanol–water partition coefficient (Wildman–Crippen LogP) is 2.79. The fourth-order valence-corrected chi connectivity index (χ4v) is 4.28. The lowest BCUT2D eigenvalue weighted by molar-refractivity contribution is -0.155. The Morgan fingerprint density at radius 3 is 2.37 bits per heavy atom. The zero-order valence-corrected chi connectivity index (χ0v) is 15.3. The summed E-state index contributed by atoms with van der Waals surface area (Å²) >= 11 is 0. The van der Waals surface area contributed by atoms with Gasteiger partial charge in [-0.1, -0.05) is 48.5 Å². The molecule has 1 aliphatic heterocycles. The van der Waals surface area contributed by atoms with Crippen molar-refractivity contribution in [1.82, 2.24) is 5.06 Å². The molecular formula is C21H22N2O4. The van der Waals surface area contributed by atoms with E-state index in [1.54, 1.807) is 12.1 Å². The minimum atomic E-state index is -0.637. The highest BCUT2D eigenvalue weighted by Crippen LogP contribution is 2.68. The van der Waals surface area contributed by atoms with Gasteiger partial charge in [-0.3, -0.25) is 14.4 Å². The number of anilines is 1. The van der Waals surface area contributed by atoms with Gasteiger partial charge in [0.2, 0.25) is 5.91 Å². The van der Waals surface area contributed by atoms with E-state index in [0.29, 0.717) is 12.1 Å². The molecule has 6 nitrogen and oxygen atoms in total. The molecular weight excluding hydrogens is 344 g/mol. The first-order valence-electron chi connectivity index (χ1n) is 8.96. The minimum Gasteiger partial charge on any atom is -0.469 e. The summed E-state index contributed by atoms with van der Waals surface area (Å²) in [4.78, 5) is 31.5. The highest BCUT2D eigenvalue weighted by molar-refractivity contribution is 5.97. The topological polar surface area (TPSA) is 67.9 Å². The summed E-state index contributed by atoms with van der Waals surface area (Å²) < 4.78 is 4.98. The molecule has 2 aliphatic rings. The number of ether oxygens (including phenoxy) is 1. The standard InChI is InChI=1S/C21H22N2O4/c1-23-17(19(24)22-15-11-7-4-8-12-15)21(13-16(21)20(25)26-2)18(27-23)14-9-5-3-6-10-14/h3-12,16-18H,13H2,1-2H3,(H,22,24). The Hall–Kier alpha value is -2.70. The molecule has 1 heterocycles. The summed E-state index contributed by atoms with van der Waals surface area (Å²) in [7, 11) is 3.12. The van der Waals surface area contributed by atoms with E-state index in [9.17, 15) is 9.59 Å². The van der Waals surface area contributed by atoms with Crippen LogP contribution in [0.25, 0.3) is 0 Å². The van der Waals surface area contributed by atoms with Gasteiger partial charge in [-0.15, -0.1) is 0 Å². The lowest BCUT2D eigenvalue weighted by Crippen LogP contribution is -2.43. The van der Waals surface area contributed by atoms with Crippen molar-refractivity contribution in [2.45, 2.75) is 18.6 Å². The van der Waals surface area contributed by atoms with Gasteiger partial charge < -0.3 is 10.1 Å². The number of rotatable bonds is 4. The van der Waals surface area contributed by atoms with Gasteiger partial charge in [-0.25, -0.2) is 0 Å². The lowest BCUT2D eigenvalue weighted by atomic mass is 9.84. The number of para-hydroxylation sites is 1. The van der Waals surface area contributed by atoms with Gasteiger partial charge in [0, 0.05) is 18.2 Å². The largest absolute Gasteiger partial charge is 0.469 e. The predicted molar refractivity (Wildman–Crippen MR) is 99.4 cm³/mol. The number of nitrogens with one attached hydrogen (secondary N) is 1. The van der Waals surface area contributed by atoms with Gasteiger partial charge in [0.25, 0.3) is 0 Å². The molecule has 1 saturated heterocycles. The third-order valence-electron chi connectivity index (χ3n) is 5.56. The Labute approximate surface area is 158 Å². The zero-order valence-electron chi connectivity index (χ0n) is 15.3. The van der Waals surface area contributed by atoms with Crippen molar-refractivity contribution in [2.24, 2.45) is 11.3 Å². The number of hydroxylamine groups is 2. The summed E-state index contributed by atoms with van der Waals surface area (Å²) in [5, 5.41) is 4.53. The summed E-state index contributed by atoms with van der Waals surface area (Å²) in [6, 6.07) is 18.4. The van der Waals surface area contributed by atoms with Crippen LogP contribution < -0.4 is 5.32 Å². The monoisotopic (exact) mass is 366 g/mol. The second kappa shape index (κ2) is 6.79. The van der Waals surface area contributed by atoms with Crippen LogP contribution in [0.4, 0.5) is 5.69 Å². The van der Waals surface area contributed by atoms with Crippen molar-refractivity contribution < 1.29 is 19.2 Å². The van der Waals surface area contributed by atoms with Crippen LogP contribution in [-0.4, -0.2) is 37.1 Å². The van der Waals surface area contributed by atoms with E-state index in [2.05, 4.69) is 5.32 Å². The van der Waals surface area contributed by atoms with Crippen LogP contribution in [0, 0.1) is 11.3 Å². The van der Waals surface area contributed by atoms with E-state index in [1.807, 2.05) is 60.7 Å². The number of likely N-dealkylation sites (N-methyl/N-ethyl adjacent to an activating group) is 1. The first-order valence-corrected chi connectivity index (χ1v) is 8.96. The van der Waals surface area contributed by atoms with Crippen molar-refractivity contribution in [1.29, 1.82) is 0 Å². The number of methoxy groups -OCH3 is 1. The molecule has 27 heavy (non-hydrogen) atoms. The van der Waals surface area contributed by atoms with Crippen molar-refractivity contribution >= 4 is 17.6 Å².